The zero-order valence-corrected chi connectivity index (χ0v) is 9.73. The van der Waals surface area contributed by atoms with E-state index >= 15 is 0 Å². The summed E-state index contributed by atoms with van der Waals surface area (Å²) in [7, 11) is 1.62. The van der Waals surface area contributed by atoms with Crippen LogP contribution in [0.3, 0.4) is 0 Å². The van der Waals surface area contributed by atoms with Crippen LogP contribution in [0.2, 0.25) is 0 Å². The Morgan fingerprint density at radius 2 is 2.25 bits per heavy atom. The van der Waals surface area contributed by atoms with Gasteiger partial charge in [0.2, 0.25) is 0 Å². The van der Waals surface area contributed by atoms with Crippen molar-refractivity contribution in [3.05, 3.63) is 18.0 Å². The SMILES string of the molecule is CCn1cc(N)cc1C(=O)OCCCOC. The summed E-state index contributed by atoms with van der Waals surface area (Å²) in [5.74, 6) is -0.338. The molecule has 0 fully saturated rings. The molecule has 90 valence electrons. The van der Waals surface area contributed by atoms with Gasteiger partial charge in [-0.1, -0.05) is 0 Å². The predicted molar refractivity (Wildman–Crippen MR) is 61.3 cm³/mol. The smallest absolute Gasteiger partial charge is 0.355 e. The quantitative estimate of drug-likeness (QED) is 0.586. The van der Waals surface area contributed by atoms with Crippen molar-refractivity contribution < 1.29 is 14.3 Å². The van der Waals surface area contributed by atoms with Crippen LogP contribution < -0.4 is 5.73 Å². The second-order valence-corrected chi connectivity index (χ2v) is 3.43. The first-order valence-electron chi connectivity index (χ1n) is 5.30. The number of carbonyl (C=O) groups excluding carboxylic acids is 1. The first kappa shape index (κ1) is 12.6. The Kier molecular flexibility index (Phi) is 4.85. The third kappa shape index (κ3) is 3.27. The zero-order valence-electron chi connectivity index (χ0n) is 9.73. The number of nitrogens with two attached hydrogens (primary N) is 1. The molecule has 0 aliphatic carbocycles. The molecule has 0 radical (unpaired) electrons. The number of ether oxygens (including phenoxy) is 2. The molecule has 0 aliphatic heterocycles. The lowest BCUT2D eigenvalue weighted by molar-refractivity contribution is 0.0456. The molecule has 0 aliphatic rings. The van der Waals surface area contributed by atoms with Gasteiger partial charge in [-0.2, -0.15) is 0 Å². The van der Waals surface area contributed by atoms with Gasteiger partial charge in [0.25, 0.3) is 0 Å². The summed E-state index contributed by atoms with van der Waals surface area (Å²) in [6.45, 7) is 3.59. The maximum absolute atomic E-state index is 11.7. The Morgan fingerprint density at radius 1 is 1.50 bits per heavy atom. The molecule has 5 heteroatoms. The topological polar surface area (TPSA) is 66.5 Å². The van der Waals surface area contributed by atoms with Gasteiger partial charge in [-0.3, -0.25) is 0 Å². The van der Waals surface area contributed by atoms with Gasteiger partial charge in [-0.25, -0.2) is 4.79 Å². The highest BCUT2D eigenvalue weighted by Crippen LogP contribution is 2.11. The Hall–Kier alpha value is -1.49. The largest absolute Gasteiger partial charge is 0.461 e. The number of nitrogens with zero attached hydrogens (tertiary/aromatic N) is 1. The maximum atomic E-state index is 11.7. The number of aromatic nitrogens is 1. The number of carbonyl (C=O) groups is 1. The number of hydrogen-bond acceptors (Lipinski definition) is 4. The van der Waals surface area contributed by atoms with Crippen molar-refractivity contribution in [3.8, 4) is 0 Å². The lowest BCUT2D eigenvalue weighted by atomic mass is 10.4. The van der Waals surface area contributed by atoms with E-state index in [9.17, 15) is 4.79 Å². The molecule has 16 heavy (non-hydrogen) atoms. The van der Waals surface area contributed by atoms with Crippen molar-refractivity contribution in [2.45, 2.75) is 19.9 Å². The molecule has 5 nitrogen and oxygen atoms in total. The van der Waals surface area contributed by atoms with Crippen LogP contribution in [0.5, 0.6) is 0 Å². The highest BCUT2D eigenvalue weighted by molar-refractivity contribution is 5.89. The van der Waals surface area contributed by atoms with E-state index in [1.54, 1.807) is 23.9 Å². The van der Waals surface area contributed by atoms with Gasteiger partial charge in [0, 0.05) is 32.9 Å². The highest BCUT2D eigenvalue weighted by atomic mass is 16.5. The molecule has 0 saturated heterocycles. The van der Waals surface area contributed by atoms with Gasteiger partial charge in [0.05, 0.1) is 12.3 Å². The summed E-state index contributed by atoms with van der Waals surface area (Å²) in [6.07, 6.45) is 2.43. The van der Waals surface area contributed by atoms with Gasteiger partial charge in [-0.05, 0) is 13.0 Å². The fraction of sp³-hybridized carbons (Fsp3) is 0.545. The van der Waals surface area contributed by atoms with E-state index in [0.717, 1.165) is 0 Å². The van der Waals surface area contributed by atoms with E-state index in [0.29, 0.717) is 37.6 Å². The minimum Gasteiger partial charge on any atom is -0.461 e. The van der Waals surface area contributed by atoms with Crippen LogP contribution in [0.25, 0.3) is 0 Å². The minimum absolute atomic E-state index is 0.338. The molecule has 0 spiro atoms. The number of anilines is 1. The highest BCUT2D eigenvalue weighted by Gasteiger charge is 2.12. The average molecular weight is 226 g/mol. The molecule has 1 aromatic heterocycles. The summed E-state index contributed by atoms with van der Waals surface area (Å²) in [4.78, 5) is 11.7. The Labute approximate surface area is 95.1 Å². The number of methoxy groups -OCH3 is 1. The van der Waals surface area contributed by atoms with Gasteiger partial charge in [0.1, 0.15) is 5.69 Å². The zero-order chi connectivity index (χ0) is 12.0. The third-order valence-corrected chi connectivity index (χ3v) is 2.19. The molecule has 1 rings (SSSR count). The number of aryl methyl sites for hydroxylation is 1. The predicted octanol–water partition coefficient (Wildman–Crippen LogP) is 1.28. The van der Waals surface area contributed by atoms with Crippen LogP contribution in [0, 0.1) is 0 Å². The molecular formula is C11H18N2O3. The van der Waals surface area contributed by atoms with E-state index in [2.05, 4.69) is 0 Å². The van der Waals surface area contributed by atoms with E-state index in [-0.39, 0.29) is 5.97 Å². The molecule has 0 amide bonds. The van der Waals surface area contributed by atoms with Gasteiger partial charge >= 0.3 is 5.97 Å². The van der Waals surface area contributed by atoms with Crippen LogP contribution >= 0.6 is 0 Å². The van der Waals surface area contributed by atoms with Crippen molar-refractivity contribution in [2.24, 2.45) is 0 Å². The molecule has 1 aromatic rings. The third-order valence-electron chi connectivity index (χ3n) is 2.19. The summed E-state index contributed by atoms with van der Waals surface area (Å²) < 4.78 is 11.7. The van der Waals surface area contributed by atoms with Crippen LogP contribution in [0.1, 0.15) is 23.8 Å². The van der Waals surface area contributed by atoms with Crippen LogP contribution in [-0.2, 0) is 16.0 Å². The molecular weight excluding hydrogens is 208 g/mol. The Balaban J connectivity index is 2.51. The summed E-state index contributed by atoms with van der Waals surface area (Å²) in [5, 5.41) is 0. The summed E-state index contributed by atoms with van der Waals surface area (Å²) >= 11 is 0. The average Bonchev–Trinajstić information content (AvgIpc) is 2.65. The number of esters is 1. The normalized spacial score (nSPS) is 10.4. The second kappa shape index (κ2) is 6.17. The number of rotatable bonds is 6. The first-order valence-corrected chi connectivity index (χ1v) is 5.30. The second-order valence-electron chi connectivity index (χ2n) is 3.43. The van der Waals surface area contributed by atoms with Gasteiger partial charge in [0.15, 0.2) is 0 Å². The fourth-order valence-electron chi connectivity index (χ4n) is 1.41. The van der Waals surface area contributed by atoms with Crippen molar-refractivity contribution in [3.63, 3.8) is 0 Å². The lowest BCUT2D eigenvalue weighted by Crippen LogP contribution is -2.12. The van der Waals surface area contributed by atoms with Gasteiger partial charge < -0.3 is 19.8 Å². The first-order chi connectivity index (χ1) is 7.69. The van der Waals surface area contributed by atoms with Crippen LogP contribution in [-0.4, -0.2) is 30.9 Å². The van der Waals surface area contributed by atoms with Crippen molar-refractivity contribution in [1.29, 1.82) is 0 Å². The van der Waals surface area contributed by atoms with E-state index in [4.69, 9.17) is 15.2 Å². The van der Waals surface area contributed by atoms with Gasteiger partial charge in [-0.15, -0.1) is 0 Å². The monoisotopic (exact) mass is 226 g/mol. The van der Waals surface area contributed by atoms with Crippen molar-refractivity contribution >= 4 is 11.7 Å². The van der Waals surface area contributed by atoms with Crippen LogP contribution in [0.15, 0.2) is 12.3 Å². The molecule has 1 heterocycles. The maximum Gasteiger partial charge on any atom is 0.355 e. The Morgan fingerprint density at radius 3 is 2.88 bits per heavy atom. The Bertz CT molecular complexity index is 347. The molecule has 0 bridgehead atoms. The lowest BCUT2D eigenvalue weighted by Gasteiger charge is -2.06. The molecule has 0 aromatic carbocycles. The van der Waals surface area contributed by atoms with Crippen molar-refractivity contribution in [2.75, 3.05) is 26.1 Å². The molecule has 0 saturated carbocycles. The molecule has 0 unspecified atom stereocenters. The van der Waals surface area contributed by atoms with E-state index in [1.165, 1.54) is 0 Å². The fourth-order valence-corrected chi connectivity index (χ4v) is 1.41. The molecule has 2 N–H and O–H groups in total. The van der Waals surface area contributed by atoms with Crippen LogP contribution in [0.4, 0.5) is 5.69 Å². The standard InChI is InChI=1S/C11H18N2O3/c1-3-13-8-9(12)7-10(13)11(14)16-6-4-5-15-2/h7-8H,3-6,12H2,1-2H3. The minimum atomic E-state index is -0.338. The number of hydrogen-bond donors (Lipinski definition) is 1. The van der Waals surface area contributed by atoms with E-state index < -0.39 is 0 Å². The summed E-state index contributed by atoms with van der Waals surface area (Å²) in [5.41, 5.74) is 6.69. The molecule has 0 atom stereocenters. The number of nitrogen functional groups attached to an aromatic ring is 1. The summed E-state index contributed by atoms with van der Waals surface area (Å²) in [6, 6.07) is 1.63. The van der Waals surface area contributed by atoms with Crippen molar-refractivity contribution in [1.82, 2.24) is 4.57 Å². The van der Waals surface area contributed by atoms with E-state index in [1.807, 2.05) is 6.92 Å².